The van der Waals surface area contributed by atoms with E-state index in [-0.39, 0.29) is 33.5 Å². The molecule has 0 fully saturated rings. The number of carbonyl (C=O) groups excluding carboxylic acids is 1. The number of allylic oxidation sites excluding steroid dienone is 1. The highest BCUT2D eigenvalue weighted by molar-refractivity contribution is 7.09. The zero-order chi connectivity index (χ0) is 24.9. The summed E-state index contributed by atoms with van der Waals surface area (Å²) in [5, 5.41) is 16.1. The first-order chi connectivity index (χ1) is 16.9. The van der Waals surface area contributed by atoms with Gasteiger partial charge in [0.15, 0.2) is 12.7 Å². The molecule has 0 atom stereocenters. The average Bonchev–Trinajstić information content (AvgIpc) is 3.26. The Morgan fingerprint density at radius 3 is 2.83 bits per heavy atom. The van der Waals surface area contributed by atoms with Crippen LogP contribution in [0.3, 0.4) is 0 Å². The molecule has 2 N–H and O–H groups in total. The van der Waals surface area contributed by atoms with Gasteiger partial charge in [-0.3, -0.25) is 9.78 Å². The Balaban J connectivity index is 0.00000361. The summed E-state index contributed by atoms with van der Waals surface area (Å²) in [7, 11) is 1.49. The third kappa shape index (κ3) is 6.18. The highest BCUT2D eigenvalue weighted by Gasteiger charge is 2.15. The molecule has 184 valence electrons. The van der Waals surface area contributed by atoms with Gasteiger partial charge < -0.3 is 32.4 Å². The van der Waals surface area contributed by atoms with Gasteiger partial charge in [-0.2, -0.15) is 9.83 Å². The first-order valence-electron chi connectivity index (χ1n) is 10.4. The van der Waals surface area contributed by atoms with E-state index in [2.05, 4.69) is 21.7 Å². The number of ether oxygens (including phenoxy) is 1. The lowest BCUT2D eigenvalue weighted by atomic mass is 10.1. The molecule has 7 nitrogen and oxygen atoms in total. The van der Waals surface area contributed by atoms with E-state index in [0.717, 1.165) is 0 Å². The van der Waals surface area contributed by atoms with Crippen LogP contribution >= 0.6 is 22.9 Å². The Hall–Kier alpha value is -3.52. The number of thiazole rings is 1. The molecule has 4 aromatic rings. The Labute approximate surface area is 226 Å². The van der Waals surface area contributed by atoms with Crippen LogP contribution in [0.5, 0.6) is 5.75 Å². The van der Waals surface area contributed by atoms with Gasteiger partial charge in [-0.15, -0.1) is 0 Å². The van der Waals surface area contributed by atoms with Gasteiger partial charge in [-0.1, -0.05) is 22.9 Å². The van der Waals surface area contributed by atoms with Crippen LogP contribution < -0.4 is 36.9 Å². The van der Waals surface area contributed by atoms with Crippen molar-refractivity contribution < 1.29 is 35.5 Å². The summed E-state index contributed by atoms with van der Waals surface area (Å²) in [5.74, 6) is -0.470. The fourth-order valence-electron chi connectivity index (χ4n) is 3.42. The van der Waals surface area contributed by atoms with E-state index in [1.54, 1.807) is 29.5 Å². The number of rotatable bonds is 7. The first-order valence-corrected chi connectivity index (χ1v) is 11.7. The molecular weight excluding hydrogens is 569 g/mol. The molecule has 4 rings (SSSR count). The molecule has 0 radical (unpaired) electrons. The minimum atomic E-state index is -0.548. The lowest BCUT2D eigenvalue weighted by Gasteiger charge is -2.15. The fraction of sp³-hybridized carbons (Fsp3) is 0.120. The number of halogens is 3. The van der Waals surface area contributed by atoms with Gasteiger partial charge in [0.05, 0.1) is 39.5 Å². The van der Waals surface area contributed by atoms with E-state index in [1.165, 1.54) is 42.5 Å². The predicted molar refractivity (Wildman–Crippen MR) is 135 cm³/mol. The van der Waals surface area contributed by atoms with Crippen molar-refractivity contribution in [1.29, 1.82) is 5.26 Å². The molecule has 0 spiro atoms. The maximum atomic E-state index is 13.6. The number of aromatic nitrogens is 2. The van der Waals surface area contributed by atoms with Crippen LogP contribution in [0.2, 0.25) is 5.02 Å². The Morgan fingerprint density at radius 2 is 2.17 bits per heavy atom. The molecule has 0 aliphatic carbocycles. The van der Waals surface area contributed by atoms with Gasteiger partial charge in [0, 0.05) is 29.4 Å². The zero-order valence-corrected chi connectivity index (χ0v) is 22.3. The number of methoxy groups -OCH3 is 1. The number of fused-ring (bicyclic) bond motifs is 1. The predicted octanol–water partition coefficient (Wildman–Crippen LogP) is 2.51. The van der Waals surface area contributed by atoms with Crippen molar-refractivity contribution in [1.82, 2.24) is 4.98 Å². The van der Waals surface area contributed by atoms with E-state index < -0.39 is 5.82 Å². The second-order valence-electron chi connectivity index (χ2n) is 7.53. The van der Waals surface area contributed by atoms with Crippen LogP contribution in [0, 0.1) is 24.1 Å². The number of nitrogens with one attached hydrogen (secondary N) is 2. The molecule has 2 aromatic carbocycles. The van der Waals surface area contributed by atoms with Crippen LogP contribution in [-0.2, 0) is 11.3 Å². The normalized spacial score (nSPS) is 10.6. The van der Waals surface area contributed by atoms with E-state index >= 15 is 0 Å². The number of anilines is 3. The highest BCUT2D eigenvalue weighted by Crippen LogP contribution is 2.36. The topological polar surface area (TPSA) is 90.9 Å². The maximum absolute atomic E-state index is 13.6. The van der Waals surface area contributed by atoms with Crippen LogP contribution in [0.1, 0.15) is 10.4 Å². The molecule has 0 saturated carbocycles. The first kappa shape index (κ1) is 27.1. The largest absolute Gasteiger partial charge is 1.00 e. The Bertz CT molecular complexity index is 1500. The highest BCUT2D eigenvalue weighted by atomic mass is 79.9. The SMILES string of the molecule is COc1cc2ncc(C#N)c(Nc3ccc(F)c(Cl)c3)c2cc1NC(=O)/C=C/C[n+]1csc(C)c1.[Br-]. The molecule has 0 bridgehead atoms. The van der Waals surface area contributed by atoms with Gasteiger partial charge in [0.25, 0.3) is 0 Å². The summed E-state index contributed by atoms with van der Waals surface area (Å²) in [6, 6.07) is 9.62. The van der Waals surface area contributed by atoms with E-state index in [1.807, 2.05) is 23.2 Å². The van der Waals surface area contributed by atoms with Gasteiger partial charge >= 0.3 is 0 Å². The summed E-state index contributed by atoms with van der Waals surface area (Å²) in [6.07, 6.45) is 6.64. The maximum Gasteiger partial charge on any atom is 0.248 e. The van der Waals surface area contributed by atoms with Crippen molar-refractivity contribution in [3.05, 3.63) is 81.7 Å². The number of carbonyl (C=O) groups is 1. The number of hydrogen-bond donors (Lipinski definition) is 2. The molecular formula is C25H20BrClFN5O2S. The molecule has 0 aliphatic rings. The van der Waals surface area contributed by atoms with Gasteiger partial charge in [0.2, 0.25) is 11.4 Å². The molecule has 0 aliphatic heterocycles. The van der Waals surface area contributed by atoms with Crippen molar-refractivity contribution in [2.75, 3.05) is 17.7 Å². The van der Waals surface area contributed by atoms with Crippen molar-refractivity contribution in [2.24, 2.45) is 0 Å². The summed E-state index contributed by atoms with van der Waals surface area (Å²) in [4.78, 5) is 18.1. The summed E-state index contributed by atoms with van der Waals surface area (Å²) < 4.78 is 21.0. The van der Waals surface area contributed by atoms with Gasteiger partial charge in [-0.05, 0) is 37.3 Å². The molecule has 1 amide bonds. The third-order valence-corrected chi connectivity index (χ3v) is 6.21. The van der Waals surface area contributed by atoms with Gasteiger partial charge in [-0.25, -0.2) is 4.39 Å². The van der Waals surface area contributed by atoms with Crippen molar-refractivity contribution in [3.8, 4) is 11.8 Å². The third-order valence-electron chi connectivity index (χ3n) is 5.06. The summed E-state index contributed by atoms with van der Waals surface area (Å²) in [5.41, 5.74) is 4.12. The van der Waals surface area contributed by atoms with Crippen LogP contribution in [0.15, 0.2) is 60.4 Å². The fourth-order valence-corrected chi connectivity index (χ4v) is 4.25. The molecule has 11 heteroatoms. The Kier molecular flexibility index (Phi) is 8.98. The lowest BCUT2D eigenvalue weighted by Crippen LogP contribution is -3.00. The van der Waals surface area contributed by atoms with E-state index in [4.69, 9.17) is 16.3 Å². The lowest BCUT2D eigenvalue weighted by molar-refractivity contribution is -0.682. The number of aryl methyl sites for hydroxylation is 1. The molecule has 0 saturated heterocycles. The van der Waals surface area contributed by atoms with Crippen LogP contribution in [0.4, 0.5) is 21.5 Å². The second kappa shape index (κ2) is 11.9. The quantitative estimate of drug-likeness (QED) is 0.256. The summed E-state index contributed by atoms with van der Waals surface area (Å²) in [6.45, 7) is 2.58. The number of nitrogens with zero attached hydrogens (tertiary/aromatic N) is 3. The molecule has 2 heterocycles. The van der Waals surface area contributed by atoms with Crippen molar-refractivity contribution in [3.63, 3.8) is 0 Å². The standard InChI is InChI=1S/C25H19ClFN5O2S.BrH/c1-15-13-32(14-35-15)7-3-4-24(33)31-22-9-18-21(10-23(22)34-2)29-12-16(11-28)25(18)30-17-5-6-20(27)19(26)8-17;/h3-6,8-10,12-14H,7H2,1-2H3,(H-,29,30,31,33);1H/b4-3+;. The minimum Gasteiger partial charge on any atom is -1.00 e. The second-order valence-corrected chi connectivity index (χ2v) is 9.03. The number of benzene rings is 2. The number of amides is 1. The van der Waals surface area contributed by atoms with Gasteiger partial charge in [0.1, 0.15) is 17.6 Å². The Morgan fingerprint density at radius 1 is 1.36 bits per heavy atom. The molecule has 0 unspecified atom stereocenters. The van der Waals surface area contributed by atoms with Crippen molar-refractivity contribution >= 4 is 56.8 Å². The summed E-state index contributed by atoms with van der Waals surface area (Å²) >= 11 is 7.54. The van der Waals surface area contributed by atoms with Crippen LogP contribution in [0.25, 0.3) is 10.9 Å². The number of hydrogen-bond acceptors (Lipinski definition) is 6. The molecule has 2 aromatic heterocycles. The number of nitriles is 1. The van der Waals surface area contributed by atoms with Crippen LogP contribution in [-0.4, -0.2) is 18.0 Å². The minimum absolute atomic E-state index is 0. The van der Waals surface area contributed by atoms with Crippen molar-refractivity contribution in [2.45, 2.75) is 13.5 Å². The zero-order valence-electron chi connectivity index (χ0n) is 19.2. The average molecular weight is 589 g/mol. The number of pyridine rings is 1. The van der Waals surface area contributed by atoms with E-state index in [0.29, 0.717) is 40.3 Å². The smallest absolute Gasteiger partial charge is 0.248 e. The molecule has 36 heavy (non-hydrogen) atoms. The van der Waals surface area contributed by atoms with E-state index in [9.17, 15) is 14.4 Å². The monoisotopic (exact) mass is 587 g/mol.